The van der Waals surface area contributed by atoms with Crippen molar-refractivity contribution in [1.29, 1.82) is 0 Å². The molecule has 0 radical (unpaired) electrons. The van der Waals surface area contributed by atoms with Crippen molar-refractivity contribution < 1.29 is 9.18 Å². The van der Waals surface area contributed by atoms with E-state index < -0.39 is 0 Å². The minimum absolute atomic E-state index is 0.306. The van der Waals surface area contributed by atoms with E-state index in [1.165, 1.54) is 12.1 Å². The van der Waals surface area contributed by atoms with Crippen molar-refractivity contribution in [1.82, 2.24) is 24.7 Å². The Bertz CT molecular complexity index is 1310. The smallest absolute Gasteiger partial charge is 0.240 e. The average molecular weight is 391 g/mol. The summed E-state index contributed by atoms with van der Waals surface area (Å²) in [5.41, 5.74) is 9.59. The zero-order valence-electron chi connectivity index (χ0n) is 15.6. The first-order chi connectivity index (χ1) is 14.0. The summed E-state index contributed by atoms with van der Waals surface area (Å²) >= 11 is 0. The highest BCUT2D eigenvalue weighted by atomic mass is 19.1. The second-order valence-electron chi connectivity index (χ2n) is 7.93. The lowest BCUT2D eigenvalue weighted by Gasteiger charge is -2.25. The minimum atomic E-state index is -0.332. The quantitative estimate of drug-likeness (QED) is 0.556. The molecule has 1 aliphatic heterocycles. The molecule has 29 heavy (non-hydrogen) atoms. The Morgan fingerprint density at radius 1 is 1.31 bits per heavy atom. The molecule has 2 aliphatic rings. The Morgan fingerprint density at radius 2 is 2.17 bits per heavy atom. The number of aryl methyl sites for hydroxylation is 1. The maximum atomic E-state index is 13.8. The number of benzene rings is 1. The zero-order chi connectivity index (χ0) is 19.9. The van der Waals surface area contributed by atoms with E-state index in [0.29, 0.717) is 17.8 Å². The third-order valence-corrected chi connectivity index (χ3v) is 6.21. The number of nitrogens with one attached hydrogen (secondary N) is 1. The standard InChI is InChI=1S/C20H18FN7O/c1-9-15(6-23-20(25-9)27-8-10-4-12(10)18(27)19(22)29)28-14-3-2-11(21)5-13(14)17-16(28)7-24-26-17/h2-3,5-7,10,12,18H,4,8H2,1H3,(H2,22,29)(H,24,26)/t10-,12-,18+/m1/s1. The van der Waals surface area contributed by atoms with E-state index in [0.717, 1.165) is 46.3 Å². The van der Waals surface area contributed by atoms with Crippen molar-refractivity contribution >= 4 is 33.8 Å². The number of aromatic amines is 1. The highest BCUT2D eigenvalue weighted by molar-refractivity contribution is 6.06. The fourth-order valence-electron chi connectivity index (χ4n) is 4.78. The molecular formula is C20H18FN7O. The van der Waals surface area contributed by atoms with Crippen LogP contribution in [0.1, 0.15) is 12.1 Å². The highest BCUT2D eigenvalue weighted by Gasteiger charge is 2.55. The topological polar surface area (TPSA) is 106 Å². The summed E-state index contributed by atoms with van der Waals surface area (Å²) < 4.78 is 15.8. The van der Waals surface area contributed by atoms with Crippen LogP contribution in [0.15, 0.2) is 30.6 Å². The maximum Gasteiger partial charge on any atom is 0.240 e. The minimum Gasteiger partial charge on any atom is -0.368 e. The van der Waals surface area contributed by atoms with Crippen LogP contribution in [0.2, 0.25) is 0 Å². The van der Waals surface area contributed by atoms with E-state index in [1.807, 2.05) is 16.4 Å². The molecule has 146 valence electrons. The summed E-state index contributed by atoms with van der Waals surface area (Å²) in [4.78, 5) is 23.1. The Morgan fingerprint density at radius 3 is 2.97 bits per heavy atom. The van der Waals surface area contributed by atoms with Crippen LogP contribution in [-0.2, 0) is 4.79 Å². The van der Waals surface area contributed by atoms with Crippen molar-refractivity contribution in [2.24, 2.45) is 17.6 Å². The zero-order valence-corrected chi connectivity index (χ0v) is 15.6. The predicted molar refractivity (Wildman–Crippen MR) is 105 cm³/mol. The molecule has 6 rings (SSSR count). The molecular weight excluding hydrogens is 373 g/mol. The number of nitrogens with zero attached hydrogens (tertiary/aromatic N) is 5. The van der Waals surface area contributed by atoms with Crippen molar-refractivity contribution in [3.05, 3.63) is 42.1 Å². The van der Waals surface area contributed by atoms with Gasteiger partial charge in [0.25, 0.3) is 0 Å². The van der Waals surface area contributed by atoms with Gasteiger partial charge in [-0.2, -0.15) is 5.10 Å². The van der Waals surface area contributed by atoms with Crippen molar-refractivity contribution in [3.63, 3.8) is 0 Å². The van der Waals surface area contributed by atoms with Gasteiger partial charge in [-0.1, -0.05) is 0 Å². The Labute approximate surface area is 164 Å². The van der Waals surface area contributed by atoms with E-state index in [-0.39, 0.29) is 17.8 Å². The predicted octanol–water partition coefficient (Wildman–Crippen LogP) is 2.05. The van der Waals surface area contributed by atoms with Gasteiger partial charge < -0.3 is 15.2 Å². The number of amides is 1. The number of H-pyrrole nitrogens is 1. The number of hydrogen-bond donors (Lipinski definition) is 2. The van der Waals surface area contributed by atoms with Crippen LogP contribution in [0.3, 0.4) is 0 Å². The molecule has 1 aromatic carbocycles. The molecule has 0 bridgehead atoms. The van der Waals surface area contributed by atoms with E-state index in [4.69, 9.17) is 10.7 Å². The van der Waals surface area contributed by atoms with Crippen molar-refractivity contribution in [3.8, 4) is 5.69 Å². The van der Waals surface area contributed by atoms with Gasteiger partial charge in [0.15, 0.2) is 0 Å². The van der Waals surface area contributed by atoms with E-state index in [9.17, 15) is 9.18 Å². The summed E-state index contributed by atoms with van der Waals surface area (Å²) in [5, 5.41) is 7.80. The fraction of sp³-hybridized carbons (Fsp3) is 0.300. The monoisotopic (exact) mass is 391 g/mol. The number of primary amides is 1. The van der Waals surface area contributed by atoms with Gasteiger partial charge in [-0.3, -0.25) is 9.89 Å². The third-order valence-electron chi connectivity index (χ3n) is 6.21. The lowest BCUT2D eigenvalue weighted by molar-refractivity contribution is -0.119. The molecule has 8 nitrogen and oxygen atoms in total. The lowest BCUT2D eigenvalue weighted by Crippen LogP contribution is -2.44. The first-order valence-corrected chi connectivity index (χ1v) is 9.56. The van der Waals surface area contributed by atoms with Gasteiger partial charge >= 0.3 is 0 Å². The molecule has 3 N–H and O–H groups in total. The molecule has 1 aliphatic carbocycles. The molecule has 1 saturated heterocycles. The maximum absolute atomic E-state index is 13.8. The second kappa shape index (κ2) is 5.53. The van der Waals surface area contributed by atoms with Gasteiger partial charge in [0.2, 0.25) is 11.9 Å². The van der Waals surface area contributed by atoms with E-state index in [1.54, 1.807) is 18.5 Å². The number of nitrogens with two attached hydrogens (primary N) is 1. The van der Waals surface area contributed by atoms with Crippen LogP contribution in [0.4, 0.5) is 10.3 Å². The number of piperidine rings is 1. The van der Waals surface area contributed by atoms with Gasteiger partial charge in [-0.05, 0) is 43.4 Å². The molecule has 4 heterocycles. The summed E-state index contributed by atoms with van der Waals surface area (Å²) in [5.74, 6) is 0.724. The molecule has 1 amide bonds. The van der Waals surface area contributed by atoms with Crippen LogP contribution < -0.4 is 10.6 Å². The summed E-state index contributed by atoms with van der Waals surface area (Å²) in [7, 11) is 0. The first-order valence-electron chi connectivity index (χ1n) is 9.56. The number of carbonyl (C=O) groups excluding carboxylic acids is 1. The summed E-state index contributed by atoms with van der Waals surface area (Å²) in [6, 6.07) is 4.33. The van der Waals surface area contributed by atoms with Gasteiger partial charge in [-0.15, -0.1) is 0 Å². The van der Waals surface area contributed by atoms with Crippen LogP contribution >= 0.6 is 0 Å². The normalized spacial score (nSPS) is 23.1. The number of anilines is 1. The van der Waals surface area contributed by atoms with Gasteiger partial charge in [0, 0.05) is 11.9 Å². The first kappa shape index (κ1) is 16.5. The lowest BCUT2D eigenvalue weighted by atomic mass is 10.2. The number of hydrogen-bond acceptors (Lipinski definition) is 5. The number of fused-ring (bicyclic) bond motifs is 4. The van der Waals surface area contributed by atoms with E-state index >= 15 is 0 Å². The number of aromatic nitrogens is 5. The fourth-order valence-corrected chi connectivity index (χ4v) is 4.78. The molecule has 3 aromatic heterocycles. The highest BCUT2D eigenvalue weighted by Crippen LogP contribution is 2.50. The summed E-state index contributed by atoms with van der Waals surface area (Å²) in [6.45, 7) is 2.66. The van der Waals surface area contributed by atoms with E-state index in [2.05, 4.69) is 15.2 Å². The SMILES string of the molecule is Cc1nc(N2C[C@H]3C[C@H]3[C@H]2C(N)=O)ncc1-n1c2ccc(F)cc2c2[nH]ncc21. The largest absolute Gasteiger partial charge is 0.368 e. The molecule has 9 heteroatoms. The number of rotatable bonds is 3. The van der Waals surface area contributed by atoms with Crippen molar-refractivity contribution in [2.75, 3.05) is 11.4 Å². The van der Waals surface area contributed by atoms with Gasteiger partial charge in [-0.25, -0.2) is 14.4 Å². The van der Waals surface area contributed by atoms with Crippen LogP contribution in [0, 0.1) is 24.6 Å². The van der Waals surface area contributed by atoms with Crippen LogP contribution in [0.25, 0.3) is 27.6 Å². The number of halogens is 1. The molecule has 2 fully saturated rings. The Kier molecular flexibility index (Phi) is 3.14. The van der Waals surface area contributed by atoms with Gasteiger partial charge in [0.1, 0.15) is 11.9 Å². The number of carbonyl (C=O) groups is 1. The van der Waals surface area contributed by atoms with Gasteiger partial charge in [0.05, 0.1) is 40.3 Å². The summed E-state index contributed by atoms with van der Waals surface area (Å²) in [6.07, 6.45) is 4.50. The van der Waals surface area contributed by atoms with Crippen molar-refractivity contribution in [2.45, 2.75) is 19.4 Å². The molecule has 0 unspecified atom stereocenters. The third kappa shape index (κ3) is 2.24. The average Bonchev–Trinajstić information content (AvgIpc) is 3.05. The van der Waals surface area contributed by atoms with Crippen LogP contribution in [0.5, 0.6) is 0 Å². The Hall–Kier alpha value is -3.49. The Balaban J connectivity index is 1.49. The molecule has 3 atom stereocenters. The molecule has 4 aromatic rings. The second-order valence-corrected chi connectivity index (χ2v) is 7.93. The molecule has 1 saturated carbocycles. The van der Waals surface area contributed by atoms with Crippen LogP contribution in [-0.4, -0.2) is 43.2 Å². The molecule has 0 spiro atoms.